The van der Waals surface area contributed by atoms with Gasteiger partial charge in [0.25, 0.3) is 0 Å². The highest BCUT2D eigenvalue weighted by molar-refractivity contribution is 5.34. The van der Waals surface area contributed by atoms with Crippen molar-refractivity contribution in [2.24, 2.45) is 0 Å². The smallest absolute Gasteiger partial charge is 0.0243 e. The predicted octanol–water partition coefficient (Wildman–Crippen LogP) is 3.82. The van der Waals surface area contributed by atoms with Gasteiger partial charge in [-0.3, -0.25) is 0 Å². The Kier molecular flexibility index (Phi) is 4.54. The molecule has 0 aliphatic heterocycles. The van der Waals surface area contributed by atoms with Crippen molar-refractivity contribution in [1.82, 2.24) is 5.32 Å². The first kappa shape index (κ1) is 12.8. The summed E-state index contributed by atoms with van der Waals surface area (Å²) in [6.07, 6.45) is 1.12. The Morgan fingerprint density at radius 1 is 0.833 bits per heavy atom. The molecular formula is C17H21N. The van der Waals surface area contributed by atoms with Gasteiger partial charge in [-0.2, -0.15) is 0 Å². The molecule has 0 aliphatic rings. The van der Waals surface area contributed by atoms with Crippen molar-refractivity contribution in [3.63, 3.8) is 0 Å². The summed E-state index contributed by atoms with van der Waals surface area (Å²) in [5.41, 5.74) is 2.76. The Balaban J connectivity index is 2.41. The number of hydrogen-bond donors (Lipinski definition) is 1. The lowest BCUT2D eigenvalue weighted by Crippen LogP contribution is -2.32. The second-order valence-electron chi connectivity index (χ2n) is 4.60. The molecule has 1 heteroatoms. The van der Waals surface area contributed by atoms with E-state index >= 15 is 0 Å². The van der Waals surface area contributed by atoms with Crippen LogP contribution in [0.5, 0.6) is 0 Å². The topological polar surface area (TPSA) is 12.0 Å². The van der Waals surface area contributed by atoms with E-state index in [2.05, 4.69) is 72.9 Å². The van der Waals surface area contributed by atoms with Crippen molar-refractivity contribution in [3.05, 3.63) is 71.8 Å². The van der Waals surface area contributed by atoms with Gasteiger partial charge >= 0.3 is 0 Å². The van der Waals surface area contributed by atoms with E-state index < -0.39 is 0 Å². The first-order valence-corrected chi connectivity index (χ1v) is 6.64. The van der Waals surface area contributed by atoms with Gasteiger partial charge in [0.15, 0.2) is 0 Å². The second kappa shape index (κ2) is 6.36. The van der Waals surface area contributed by atoms with E-state index in [0.29, 0.717) is 12.0 Å². The summed E-state index contributed by atoms with van der Waals surface area (Å²) in [6, 6.07) is 22.0. The second-order valence-corrected chi connectivity index (χ2v) is 4.60. The summed E-state index contributed by atoms with van der Waals surface area (Å²) in [7, 11) is 2.05. The Labute approximate surface area is 110 Å². The van der Waals surface area contributed by atoms with Crippen LogP contribution in [-0.4, -0.2) is 13.1 Å². The summed E-state index contributed by atoms with van der Waals surface area (Å²) in [4.78, 5) is 0. The maximum absolute atomic E-state index is 3.45. The van der Waals surface area contributed by atoms with Crippen molar-refractivity contribution >= 4 is 0 Å². The molecule has 0 heterocycles. The zero-order valence-corrected chi connectivity index (χ0v) is 11.1. The fourth-order valence-corrected chi connectivity index (χ4v) is 2.58. The molecule has 0 saturated carbocycles. The minimum Gasteiger partial charge on any atom is -0.316 e. The summed E-state index contributed by atoms with van der Waals surface area (Å²) >= 11 is 0. The van der Waals surface area contributed by atoms with Gasteiger partial charge in [0.1, 0.15) is 0 Å². The molecule has 1 unspecified atom stereocenters. The number of likely N-dealkylation sites (N-methyl/N-ethyl adjacent to an activating group) is 1. The van der Waals surface area contributed by atoms with Crippen LogP contribution < -0.4 is 5.32 Å². The average molecular weight is 239 g/mol. The molecule has 1 atom stereocenters. The first-order chi connectivity index (χ1) is 8.86. The van der Waals surface area contributed by atoms with Crippen LogP contribution in [0.1, 0.15) is 30.4 Å². The van der Waals surface area contributed by atoms with Gasteiger partial charge in [0.05, 0.1) is 0 Å². The van der Waals surface area contributed by atoms with Crippen LogP contribution in [0.15, 0.2) is 60.7 Å². The molecule has 0 bridgehead atoms. The monoisotopic (exact) mass is 239 g/mol. The lowest BCUT2D eigenvalue weighted by molar-refractivity contribution is 0.492. The Bertz CT molecular complexity index is 406. The highest BCUT2D eigenvalue weighted by Gasteiger charge is 2.21. The van der Waals surface area contributed by atoms with Crippen LogP contribution in [0, 0.1) is 0 Å². The molecular weight excluding hydrogens is 218 g/mol. The first-order valence-electron chi connectivity index (χ1n) is 6.64. The molecule has 0 aromatic heterocycles. The van der Waals surface area contributed by atoms with Crippen LogP contribution in [0.2, 0.25) is 0 Å². The molecule has 0 fully saturated rings. The third-order valence-corrected chi connectivity index (χ3v) is 3.53. The summed E-state index contributed by atoms with van der Waals surface area (Å²) < 4.78 is 0. The Hall–Kier alpha value is -1.60. The molecule has 18 heavy (non-hydrogen) atoms. The SMILES string of the molecule is CCC(NC)C(c1ccccc1)c1ccccc1. The third-order valence-electron chi connectivity index (χ3n) is 3.53. The normalized spacial score (nSPS) is 12.6. The fourth-order valence-electron chi connectivity index (χ4n) is 2.58. The summed E-state index contributed by atoms with van der Waals surface area (Å²) in [5.74, 6) is 0.419. The predicted molar refractivity (Wildman–Crippen MR) is 77.9 cm³/mol. The maximum Gasteiger partial charge on any atom is 0.0243 e. The van der Waals surface area contributed by atoms with E-state index in [0.717, 1.165) is 6.42 Å². The van der Waals surface area contributed by atoms with Crippen LogP contribution in [0.4, 0.5) is 0 Å². The molecule has 2 rings (SSSR count). The van der Waals surface area contributed by atoms with E-state index in [9.17, 15) is 0 Å². The van der Waals surface area contributed by atoms with Crippen LogP contribution in [0.3, 0.4) is 0 Å². The van der Waals surface area contributed by atoms with Gasteiger partial charge < -0.3 is 5.32 Å². The fraction of sp³-hybridized carbons (Fsp3) is 0.294. The largest absolute Gasteiger partial charge is 0.316 e. The zero-order chi connectivity index (χ0) is 12.8. The molecule has 2 aromatic rings. The van der Waals surface area contributed by atoms with Crippen LogP contribution in [-0.2, 0) is 0 Å². The number of nitrogens with one attached hydrogen (secondary N) is 1. The lowest BCUT2D eigenvalue weighted by atomic mass is 9.84. The van der Waals surface area contributed by atoms with Crippen LogP contribution >= 0.6 is 0 Å². The summed E-state index contributed by atoms with van der Waals surface area (Å²) in [6.45, 7) is 2.24. The Morgan fingerprint density at radius 2 is 1.28 bits per heavy atom. The minimum atomic E-state index is 0.419. The van der Waals surface area contributed by atoms with Gasteiger partial charge in [-0.25, -0.2) is 0 Å². The third kappa shape index (κ3) is 2.80. The average Bonchev–Trinajstić information content (AvgIpc) is 2.46. The van der Waals surface area contributed by atoms with E-state index in [4.69, 9.17) is 0 Å². The van der Waals surface area contributed by atoms with Gasteiger partial charge in [-0.1, -0.05) is 67.6 Å². The Morgan fingerprint density at radius 3 is 1.61 bits per heavy atom. The molecule has 0 spiro atoms. The molecule has 0 radical (unpaired) electrons. The molecule has 0 aliphatic carbocycles. The van der Waals surface area contributed by atoms with Crippen LogP contribution in [0.25, 0.3) is 0 Å². The van der Waals surface area contributed by atoms with Gasteiger partial charge in [0.2, 0.25) is 0 Å². The maximum atomic E-state index is 3.45. The molecule has 2 aromatic carbocycles. The van der Waals surface area contributed by atoms with Crippen molar-refractivity contribution in [2.75, 3.05) is 7.05 Å². The summed E-state index contributed by atoms with van der Waals surface area (Å²) in [5, 5.41) is 3.45. The van der Waals surface area contributed by atoms with Gasteiger partial charge in [-0.05, 0) is 24.6 Å². The van der Waals surface area contributed by atoms with E-state index in [1.807, 2.05) is 7.05 Å². The number of benzene rings is 2. The highest BCUT2D eigenvalue weighted by Crippen LogP contribution is 2.29. The van der Waals surface area contributed by atoms with E-state index in [1.54, 1.807) is 0 Å². The number of hydrogen-bond acceptors (Lipinski definition) is 1. The molecule has 1 N–H and O–H groups in total. The van der Waals surface area contributed by atoms with Crippen molar-refractivity contribution in [3.8, 4) is 0 Å². The van der Waals surface area contributed by atoms with Gasteiger partial charge in [-0.15, -0.1) is 0 Å². The standard InChI is InChI=1S/C17H21N/c1-3-16(18-2)17(14-10-6-4-7-11-14)15-12-8-5-9-13-15/h4-13,16-18H,3H2,1-2H3. The highest BCUT2D eigenvalue weighted by atomic mass is 14.9. The molecule has 0 amide bonds. The minimum absolute atomic E-state index is 0.419. The van der Waals surface area contributed by atoms with E-state index in [1.165, 1.54) is 11.1 Å². The number of rotatable bonds is 5. The zero-order valence-electron chi connectivity index (χ0n) is 11.1. The molecule has 0 saturated heterocycles. The van der Waals surface area contributed by atoms with Gasteiger partial charge in [0, 0.05) is 12.0 Å². The molecule has 94 valence electrons. The van der Waals surface area contributed by atoms with E-state index in [-0.39, 0.29) is 0 Å². The van der Waals surface area contributed by atoms with Crippen molar-refractivity contribution < 1.29 is 0 Å². The van der Waals surface area contributed by atoms with Crippen molar-refractivity contribution in [1.29, 1.82) is 0 Å². The molecule has 1 nitrogen and oxygen atoms in total. The lowest BCUT2D eigenvalue weighted by Gasteiger charge is -2.27. The quantitative estimate of drug-likeness (QED) is 0.836. The van der Waals surface area contributed by atoms with Crippen molar-refractivity contribution in [2.45, 2.75) is 25.3 Å².